The molecule has 2 aromatic carbocycles. The summed E-state index contributed by atoms with van der Waals surface area (Å²) in [5, 5.41) is 8.96. The third kappa shape index (κ3) is 4.03. The van der Waals surface area contributed by atoms with Crippen molar-refractivity contribution in [2.45, 2.75) is 25.3 Å². The van der Waals surface area contributed by atoms with Crippen LogP contribution in [0.2, 0.25) is 5.02 Å². The summed E-state index contributed by atoms with van der Waals surface area (Å²) in [4.78, 5) is 14.6. The number of carbonyl (C=O) groups is 1. The van der Waals surface area contributed by atoms with E-state index < -0.39 is 0 Å². The van der Waals surface area contributed by atoms with E-state index in [9.17, 15) is 4.79 Å². The first-order chi connectivity index (χ1) is 13.2. The molecule has 6 heteroatoms. The maximum absolute atomic E-state index is 12.8. The van der Waals surface area contributed by atoms with Gasteiger partial charge in [0.15, 0.2) is 5.69 Å². The molecule has 5 nitrogen and oxygen atoms in total. The molecular weight excluding hydrogens is 360 g/mol. The Hall–Kier alpha value is -2.66. The second-order valence-corrected chi connectivity index (χ2v) is 7.27. The average Bonchev–Trinajstić information content (AvgIpc) is 3.37. The van der Waals surface area contributed by atoms with E-state index in [4.69, 9.17) is 11.6 Å². The number of nitrogens with zero attached hydrogens (tertiary/aromatic N) is 4. The van der Waals surface area contributed by atoms with Crippen LogP contribution in [0.5, 0.6) is 0 Å². The lowest BCUT2D eigenvalue weighted by Gasteiger charge is -2.15. The molecule has 1 aliphatic heterocycles. The number of amides is 1. The fourth-order valence-corrected chi connectivity index (χ4v) is 3.85. The summed E-state index contributed by atoms with van der Waals surface area (Å²) in [5.74, 6) is 0.214. The van der Waals surface area contributed by atoms with Gasteiger partial charge in [-0.3, -0.25) is 9.48 Å². The number of aryl methyl sites for hydroxylation is 2. The summed E-state index contributed by atoms with van der Waals surface area (Å²) in [7, 11) is 0. The van der Waals surface area contributed by atoms with Crippen LogP contribution in [-0.2, 0) is 13.0 Å². The Bertz CT molecular complexity index is 925. The third-order valence-electron chi connectivity index (χ3n) is 5.05. The van der Waals surface area contributed by atoms with Gasteiger partial charge in [-0.15, -0.1) is 5.10 Å². The van der Waals surface area contributed by atoms with Gasteiger partial charge in [0.25, 0.3) is 5.91 Å². The molecule has 2 heterocycles. The van der Waals surface area contributed by atoms with Crippen LogP contribution in [0.25, 0.3) is 0 Å². The zero-order valence-corrected chi connectivity index (χ0v) is 15.7. The normalized spacial score (nSPS) is 16.6. The zero-order chi connectivity index (χ0) is 18.6. The summed E-state index contributed by atoms with van der Waals surface area (Å²) in [6.45, 7) is 2.08. The van der Waals surface area contributed by atoms with Crippen LogP contribution in [0.1, 0.15) is 34.0 Å². The Morgan fingerprint density at radius 2 is 1.89 bits per heavy atom. The van der Waals surface area contributed by atoms with E-state index in [2.05, 4.69) is 22.4 Å². The van der Waals surface area contributed by atoms with Gasteiger partial charge in [-0.1, -0.05) is 65.3 Å². The lowest BCUT2D eigenvalue weighted by molar-refractivity contribution is 0.0785. The smallest absolute Gasteiger partial charge is 0.276 e. The highest BCUT2D eigenvalue weighted by Gasteiger charge is 2.30. The van der Waals surface area contributed by atoms with Crippen molar-refractivity contribution in [2.75, 3.05) is 13.1 Å². The van der Waals surface area contributed by atoms with Crippen LogP contribution in [0.3, 0.4) is 0 Å². The van der Waals surface area contributed by atoms with Crippen molar-refractivity contribution in [3.63, 3.8) is 0 Å². The van der Waals surface area contributed by atoms with Crippen LogP contribution >= 0.6 is 11.6 Å². The number of hydrogen-bond acceptors (Lipinski definition) is 3. The van der Waals surface area contributed by atoms with Crippen molar-refractivity contribution in [3.05, 3.63) is 82.6 Å². The molecule has 3 aromatic rings. The van der Waals surface area contributed by atoms with E-state index in [0.29, 0.717) is 25.3 Å². The standard InChI is InChI=1S/C21H21ClN4O/c22-19-9-5-4-8-18(19)17-11-12-25(14-17)21(27)20-15-26(24-23-20)13-10-16-6-2-1-3-7-16/h1-9,15,17H,10-14H2/t17-/m1/s1. The molecule has 0 unspecified atom stereocenters. The number of benzene rings is 2. The number of carbonyl (C=O) groups excluding carboxylic acids is 1. The van der Waals surface area contributed by atoms with Gasteiger partial charge in [-0.2, -0.15) is 0 Å². The van der Waals surface area contributed by atoms with Gasteiger partial charge in [-0.25, -0.2) is 0 Å². The third-order valence-corrected chi connectivity index (χ3v) is 5.39. The van der Waals surface area contributed by atoms with Crippen LogP contribution in [0.4, 0.5) is 0 Å². The molecule has 0 bridgehead atoms. The van der Waals surface area contributed by atoms with Crippen molar-refractivity contribution in [3.8, 4) is 0 Å². The Kier molecular flexibility index (Phi) is 5.21. The van der Waals surface area contributed by atoms with Gasteiger partial charge in [0, 0.05) is 30.6 Å². The van der Waals surface area contributed by atoms with Crippen LogP contribution in [0, 0.1) is 0 Å². The van der Waals surface area contributed by atoms with E-state index in [1.807, 2.05) is 47.4 Å². The van der Waals surface area contributed by atoms with Crippen LogP contribution in [-0.4, -0.2) is 38.9 Å². The summed E-state index contributed by atoms with van der Waals surface area (Å²) in [6.07, 6.45) is 3.52. The fraction of sp³-hybridized carbons (Fsp3) is 0.286. The zero-order valence-electron chi connectivity index (χ0n) is 15.0. The van der Waals surface area contributed by atoms with E-state index in [1.54, 1.807) is 10.9 Å². The number of rotatable bonds is 5. The molecule has 138 valence electrons. The molecule has 1 saturated heterocycles. The summed E-state index contributed by atoms with van der Waals surface area (Å²) in [5.41, 5.74) is 2.76. The molecule has 1 amide bonds. The molecule has 1 fully saturated rings. The quantitative estimate of drug-likeness (QED) is 0.676. The molecule has 1 aromatic heterocycles. The minimum Gasteiger partial charge on any atom is -0.337 e. The van der Waals surface area contributed by atoms with Crippen LogP contribution < -0.4 is 0 Å². The van der Waals surface area contributed by atoms with Crippen LogP contribution in [0.15, 0.2) is 60.8 Å². The highest BCUT2D eigenvalue weighted by atomic mass is 35.5. The molecule has 1 atom stereocenters. The second kappa shape index (κ2) is 7.92. The number of halogens is 1. The lowest BCUT2D eigenvalue weighted by Crippen LogP contribution is -2.28. The number of likely N-dealkylation sites (tertiary alicyclic amines) is 1. The van der Waals surface area contributed by atoms with E-state index >= 15 is 0 Å². The topological polar surface area (TPSA) is 51.0 Å². The molecule has 1 aliphatic rings. The molecule has 0 saturated carbocycles. The van der Waals surface area contributed by atoms with Gasteiger partial charge in [-0.05, 0) is 30.0 Å². The van der Waals surface area contributed by atoms with Gasteiger partial charge in [0.2, 0.25) is 0 Å². The first kappa shape index (κ1) is 17.7. The van der Waals surface area contributed by atoms with E-state index in [0.717, 1.165) is 23.4 Å². The lowest BCUT2D eigenvalue weighted by atomic mass is 9.98. The molecule has 0 aliphatic carbocycles. The average molecular weight is 381 g/mol. The van der Waals surface area contributed by atoms with Gasteiger partial charge in [0.1, 0.15) is 0 Å². The fourth-order valence-electron chi connectivity index (χ4n) is 3.56. The van der Waals surface area contributed by atoms with E-state index in [1.165, 1.54) is 5.56 Å². The molecule has 0 radical (unpaired) electrons. The number of aromatic nitrogens is 3. The monoisotopic (exact) mass is 380 g/mol. The Balaban J connectivity index is 1.38. The highest BCUT2D eigenvalue weighted by molar-refractivity contribution is 6.31. The summed E-state index contributed by atoms with van der Waals surface area (Å²) < 4.78 is 1.74. The van der Waals surface area contributed by atoms with Crippen molar-refractivity contribution in [1.82, 2.24) is 19.9 Å². The van der Waals surface area contributed by atoms with Gasteiger partial charge in [0.05, 0.1) is 6.20 Å². The molecule has 27 heavy (non-hydrogen) atoms. The van der Waals surface area contributed by atoms with Crippen molar-refractivity contribution < 1.29 is 4.79 Å². The minimum absolute atomic E-state index is 0.0597. The maximum atomic E-state index is 12.8. The van der Waals surface area contributed by atoms with E-state index in [-0.39, 0.29) is 11.8 Å². The first-order valence-electron chi connectivity index (χ1n) is 9.18. The Labute approximate surface area is 163 Å². The maximum Gasteiger partial charge on any atom is 0.276 e. The van der Waals surface area contributed by atoms with Crippen molar-refractivity contribution in [1.29, 1.82) is 0 Å². The SMILES string of the molecule is O=C(c1cn(CCc2ccccc2)nn1)N1CC[C@@H](c2ccccc2Cl)C1. The first-order valence-corrected chi connectivity index (χ1v) is 9.56. The Morgan fingerprint density at radius 1 is 1.11 bits per heavy atom. The largest absolute Gasteiger partial charge is 0.337 e. The molecule has 4 rings (SSSR count). The van der Waals surface area contributed by atoms with Crippen molar-refractivity contribution in [2.24, 2.45) is 0 Å². The van der Waals surface area contributed by atoms with Crippen molar-refractivity contribution >= 4 is 17.5 Å². The second-order valence-electron chi connectivity index (χ2n) is 6.86. The highest BCUT2D eigenvalue weighted by Crippen LogP contribution is 2.32. The Morgan fingerprint density at radius 3 is 2.70 bits per heavy atom. The van der Waals surface area contributed by atoms with Gasteiger partial charge >= 0.3 is 0 Å². The minimum atomic E-state index is -0.0597. The number of hydrogen-bond donors (Lipinski definition) is 0. The molecule has 0 spiro atoms. The summed E-state index contributed by atoms with van der Waals surface area (Å²) in [6, 6.07) is 18.1. The molecular formula is C21H21ClN4O. The predicted molar refractivity (Wildman–Crippen MR) is 105 cm³/mol. The summed E-state index contributed by atoms with van der Waals surface area (Å²) >= 11 is 6.31. The van der Waals surface area contributed by atoms with Gasteiger partial charge < -0.3 is 4.90 Å². The predicted octanol–water partition coefficient (Wildman–Crippen LogP) is 3.80. The molecule has 0 N–H and O–H groups in total.